The number of benzene rings is 1. The Balaban J connectivity index is 1.44. The number of aryl methyl sites for hydroxylation is 1. The van der Waals surface area contributed by atoms with E-state index in [1.54, 1.807) is 17.3 Å². The quantitative estimate of drug-likeness (QED) is 0.774. The van der Waals surface area contributed by atoms with Gasteiger partial charge in [0.15, 0.2) is 15.7 Å². The number of aromatic nitrogens is 3. The Morgan fingerprint density at radius 3 is 2.90 bits per heavy atom. The lowest BCUT2D eigenvalue weighted by molar-refractivity contribution is -0.129. The molecule has 29 heavy (non-hydrogen) atoms. The smallest absolute Gasteiger partial charge is 0.229 e. The van der Waals surface area contributed by atoms with Gasteiger partial charge in [0.1, 0.15) is 6.33 Å². The van der Waals surface area contributed by atoms with E-state index in [4.69, 9.17) is 0 Å². The number of hydrogen-bond donors (Lipinski definition) is 1. The number of hydrogen-bond acceptors (Lipinski definition) is 6. The van der Waals surface area contributed by atoms with E-state index >= 15 is 0 Å². The number of likely N-dealkylation sites (tertiary alicyclic amines) is 1. The van der Waals surface area contributed by atoms with Gasteiger partial charge in [-0.15, -0.1) is 10.2 Å². The zero-order valence-electron chi connectivity index (χ0n) is 16.1. The fourth-order valence-corrected chi connectivity index (χ4v) is 5.70. The van der Waals surface area contributed by atoms with Crippen LogP contribution in [0.2, 0.25) is 0 Å². The van der Waals surface area contributed by atoms with E-state index in [0.29, 0.717) is 17.9 Å². The van der Waals surface area contributed by atoms with Crippen molar-refractivity contribution in [2.45, 2.75) is 32.4 Å². The third-order valence-electron chi connectivity index (χ3n) is 5.52. The lowest BCUT2D eigenvalue weighted by Gasteiger charge is -2.23. The van der Waals surface area contributed by atoms with Crippen molar-refractivity contribution in [3.63, 3.8) is 0 Å². The van der Waals surface area contributed by atoms with Crippen LogP contribution >= 0.6 is 0 Å². The van der Waals surface area contributed by atoms with E-state index in [2.05, 4.69) is 15.5 Å². The Labute approximate surface area is 169 Å². The molecule has 2 atom stereocenters. The summed E-state index contributed by atoms with van der Waals surface area (Å²) in [5.74, 6) is -0.0735. The van der Waals surface area contributed by atoms with E-state index < -0.39 is 15.8 Å². The molecule has 2 amide bonds. The second kappa shape index (κ2) is 7.58. The predicted molar refractivity (Wildman–Crippen MR) is 107 cm³/mol. The van der Waals surface area contributed by atoms with Crippen molar-refractivity contribution in [1.29, 1.82) is 0 Å². The van der Waals surface area contributed by atoms with Crippen LogP contribution in [0.1, 0.15) is 19.8 Å². The number of carbonyl (C=O) groups excluding carboxylic acids is 2. The summed E-state index contributed by atoms with van der Waals surface area (Å²) in [6.07, 6.45) is 2.21. The molecule has 154 valence electrons. The maximum absolute atomic E-state index is 12.7. The minimum absolute atomic E-state index is 0.00671. The topological polar surface area (TPSA) is 114 Å². The molecule has 3 heterocycles. The molecule has 1 aromatic heterocycles. The van der Waals surface area contributed by atoms with Crippen molar-refractivity contribution in [2.24, 2.45) is 5.92 Å². The first-order valence-electron chi connectivity index (χ1n) is 9.65. The van der Waals surface area contributed by atoms with Gasteiger partial charge in [0, 0.05) is 36.8 Å². The molecular weight excluding hydrogens is 394 g/mol. The van der Waals surface area contributed by atoms with Crippen molar-refractivity contribution in [3.8, 4) is 11.4 Å². The monoisotopic (exact) mass is 417 g/mol. The number of amides is 2. The van der Waals surface area contributed by atoms with E-state index in [-0.39, 0.29) is 42.3 Å². The number of rotatable bonds is 5. The fourth-order valence-electron chi connectivity index (χ4n) is 3.97. The molecule has 10 heteroatoms. The minimum Gasteiger partial charge on any atom is -0.338 e. The van der Waals surface area contributed by atoms with Gasteiger partial charge in [0.2, 0.25) is 11.8 Å². The van der Waals surface area contributed by atoms with E-state index in [1.165, 1.54) is 0 Å². The average molecular weight is 417 g/mol. The normalized spacial score (nSPS) is 23.5. The van der Waals surface area contributed by atoms with Gasteiger partial charge >= 0.3 is 0 Å². The maximum Gasteiger partial charge on any atom is 0.229 e. The van der Waals surface area contributed by atoms with Crippen molar-refractivity contribution in [1.82, 2.24) is 19.7 Å². The molecule has 1 aromatic carbocycles. The number of anilines is 1. The van der Waals surface area contributed by atoms with Crippen molar-refractivity contribution in [3.05, 3.63) is 30.6 Å². The molecule has 0 spiro atoms. The fraction of sp³-hybridized carbons (Fsp3) is 0.474. The summed E-state index contributed by atoms with van der Waals surface area (Å²) in [6, 6.07) is 7.02. The van der Waals surface area contributed by atoms with Crippen molar-refractivity contribution < 1.29 is 18.0 Å². The molecule has 2 aliphatic heterocycles. The Bertz CT molecular complexity index is 1050. The first kappa shape index (κ1) is 19.6. The highest BCUT2D eigenvalue weighted by molar-refractivity contribution is 7.91. The van der Waals surface area contributed by atoms with E-state index in [9.17, 15) is 18.0 Å². The highest BCUT2D eigenvalue weighted by Crippen LogP contribution is 2.27. The Hall–Kier alpha value is -2.75. The Morgan fingerprint density at radius 2 is 2.17 bits per heavy atom. The molecule has 0 bridgehead atoms. The standard InChI is InChI=1S/C19H23N5O4S/c1-2-23-12-20-22-18(23)13-4-3-5-15(8-13)21-19(26)14-9-17(25)24(10-14)16-6-7-29(27,28)11-16/h3-5,8,12,14,16H,2,6-7,9-11H2,1H3,(H,21,26). The van der Waals surface area contributed by atoms with Gasteiger partial charge in [-0.1, -0.05) is 12.1 Å². The third kappa shape index (κ3) is 4.02. The summed E-state index contributed by atoms with van der Waals surface area (Å²) in [5.41, 5.74) is 1.45. The molecule has 2 aliphatic rings. The van der Waals surface area contributed by atoms with Crippen LogP contribution in [0.25, 0.3) is 11.4 Å². The number of carbonyl (C=O) groups is 2. The van der Waals surface area contributed by atoms with Gasteiger partial charge in [-0.25, -0.2) is 8.42 Å². The van der Waals surface area contributed by atoms with Gasteiger partial charge < -0.3 is 14.8 Å². The summed E-state index contributed by atoms with van der Waals surface area (Å²) in [5, 5.41) is 10.9. The molecule has 2 aromatic rings. The van der Waals surface area contributed by atoms with Crippen LogP contribution in [0.15, 0.2) is 30.6 Å². The minimum atomic E-state index is -3.08. The number of nitrogens with zero attached hydrogens (tertiary/aromatic N) is 4. The first-order chi connectivity index (χ1) is 13.9. The van der Waals surface area contributed by atoms with Crippen LogP contribution in [-0.2, 0) is 26.0 Å². The van der Waals surface area contributed by atoms with Gasteiger partial charge in [0.25, 0.3) is 0 Å². The molecule has 4 rings (SSSR count). The SMILES string of the molecule is CCn1cnnc1-c1cccc(NC(=O)C2CC(=O)N(C3CCS(=O)(=O)C3)C2)c1. The Morgan fingerprint density at radius 1 is 1.34 bits per heavy atom. The molecule has 2 saturated heterocycles. The highest BCUT2D eigenvalue weighted by atomic mass is 32.2. The largest absolute Gasteiger partial charge is 0.338 e. The second-order valence-corrected chi connectivity index (χ2v) is 9.74. The molecule has 1 N–H and O–H groups in total. The molecule has 0 saturated carbocycles. The summed E-state index contributed by atoms with van der Waals surface area (Å²) >= 11 is 0. The molecule has 9 nitrogen and oxygen atoms in total. The number of sulfone groups is 1. The summed E-state index contributed by atoms with van der Waals surface area (Å²) < 4.78 is 25.3. The molecule has 2 fully saturated rings. The summed E-state index contributed by atoms with van der Waals surface area (Å²) in [6.45, 7) is 2.99. The lowest BCUT2D eigenvalue weighted by Crippen LogP contribution is -2.38. The molecular formula is C19H23N5O4S. The maximum atomic E-state index is 12.7. The second-order valence-electron chi connectivity index (χ2n) is 7.51. The van der Waals surface area contributed by atoms with Gasteiger partial charge in [-0.3, -0.25) is 9.59 Å². The zero-order valence-corrected chi connectivity index (χ0v) is 16.9. The molecule has 2 unspecified atom stereocenters. The van der Waals surface area contributed by atoms with Crippen LogP contribution in [-0.4, -0.2) is 64.0 Å². The Kier molecular flexibility index (Phi) is 5.12. The van der Waals surface area contributed by atoms with Crippen LogP contribution in [0.3, 0.4) is 0 Å². The predicted octanol–water partition coefficient (Wildman–Crippen LogP) is 0.939. The van der Waals surface area contributed by atoms with Gasteiger partial charge in [-0.05, 0) is 25.5 Å². The zero-order chi connectivity index (χ0) is 20.6. The van der Waals surface area contributed by atoms with Gasteiger partial charge in [0.05, 0.1) is 17.4 Å². The van der Waals surface area contributed by atoms with E-state index in [1.807, 2.05) is 29.7 Å². The van der Waals surface area contributed by atoms with E-state index in [0.717, 1.165) is 12.1 Å². The molecule has 0 aliphatic carbocycles. The third-order valence-corrected chi connectivity index (χ3v) is 7.27. The summed E-state index contributed by atoms with van der Waals surface area (Å²) in [7, 11) is -3.08. The first-order valence-corrected chi connectivity index (χ1v) is 11.5. The van der Waals surface area contributed by atoms with Gasteiger partial charge in [-0.2, -0.15) is 0 Å². The highest BCUT2D eigenvalue weighted by Gasteiger charge is 2.41. The van der Waals surface area contributed by atoms with Crippen molar-refractivity contribution in [2.75, 3.05) is 23.4 Å². The lowest BCUT2D eigenvalue weighted by atomic mass is 10.1. The van der Waals surface area contributed by atoms with Crippen LogP contribution < -0.4 is 5.32 Å². The summed E-state index contributed by atoms with van der Waals surface area (Å²) in [4.78, 5) is 26.6. The van der Waals surface area contributed by atoms with Crippen LogP contribution in [0.5, 0.6) is 0 Å². The average Bonchev–Trinajstić information content (AvgIpc) is 3.39. The van der Waals surface area contributed by atoms with Crippen LogP contribution in [0.4, 0.5) is 5.69 Å². The number of nitrogens with one attached hydrogen (secondary N) is 1. The van der Waals surface area contributed by atoms with Crippen molar-refractivity contribution >= 4 is 27.3 Å². The molecule has 0 radical (unpaired) electrons. The van der Waals surface area contributed by atoms with Crippen LogP contribution in [0, 0.1) is 5.92 Å².